The number of nitrogens with two attached hydrogens (primary N) is 1. The predicted octanol–water partition coefficient (Wildman–Crippen LogP) is 3.41. The summed E-state index contributed by atoms with van der Waals surface area (Å²) in [5.74, 6) is 5.96. The molecule has 0 aliphatic carbocycles. The van der Waals surface area contributed by atoms with Gasteiger partial charge in [0, 0.05) is 5.02 Å². The number of ether oxygens (including phenoxy) is 1. The molecule has 2 aromatic carbocycles. The van der Waals surface area contributed by atoms with Gasteiger partial charge < -0.3 is 4.74 Å². The van der Waals surface area contributed by atoms with Gasteiger partial charge in [-0.15, -0.1) is 0 Å². The summed E-state index contributed by atoms with van der Waals surface area (Å²) >= 11 is 5.97. The third-order valence-corrected chi connectivity index (χ3v) is 2.94. The minimum atomic E-state index is 0.321. The van der Waals surface area contributed by atoms with Crippen LogP contribution in [0.2, 0.25) is 5.02 Å². The van der Waals surface area contributed by atoms with Crippen LogP contribution in [-0.4, -0.2) is 7.11 Å². The van der Waals surface area contributed by atoms with Crippen LogP contribution in [0.15, 0.2) is 42.5 Å². The zero-order valence-corrected chi connectivity index (χ0v) is 10.8. The second-order valence-electron chi connectivity index (χ2n) is 3.84. The van der Waals surface area contributed by atoms with Crippen molar-refractivity contribution < 1.29 is 9.57 Å². The van der Waals surface area contributed by atoms with E-state index in [0.717, 1.165) is 22.4 Å². The molecule has 0 fully saturated rings. The zero-order chi connectivity index (χ0) is 13.0. The first-order chi connectivity index (χ1) is 8.74. The van der Waals surface area contributed by atoms with Gasteiger partial charge in [-0.1, -0.05) is 29.8 Å². The van der Waals surface area contributed by atoms with E-state index in [2.05, 4.69) is 0 Å². The van der Waals surface area contributed by atoms with Crippen molar-refractivity contribution in [3.63, 3.8) is 0 Å². The monoisotopic (exact) mass is 263 g/mol. The quantitative estimate of drug-likeness (QED) is 0.860. The molecule has 0 aliphatic heterocycles. The van der Waals surface area contributed by atoms with E-state index in [0.29, 0.717) is 11.6 Å². The third-order valence-electron chi connectivity index (χ3n) is 2.71. The Morgan fingerprint density at radius 1 is 1.11 bits per heavy atom. The molecule has 94 valence electrons. The summed E-state index contributed by atoms with van der Waals surface area (Å²) in [6.07, 6.45) is 0. The molecule has 0 spiro atoms. The van der Waals surface area contributed by atoms with Crippen LogP contribution in [0, 0.1) is 0 Å². The second kappa shape index (κ2) is 5.87. The van der Waals surface area contributed by atoms with Crippen molar-refractivity contribution in [3.8, 4) is 16.9 Å². The molecule has 0 saturated carbocycles. The molecule has 0 aliphatic rings. The van der Waals surface area contributed by atoms with Crippen molar-refractivity contribution in [1.82, 2.24) is 0 Å². The van der Waals surface area contributed by atoms with Crippen LogP contribution in [0.1, 0.15) is 5.56 Å². The van der Waals surface area contributed by atoms with Crippen molar-refractivity contribution in [2.45, 2.75) is 6.61 Å². The lowest BCUT2D eigenvalue weighted by Gasteiger charge is -2.10. The molecule has 0 amide bonds. The van der Waals surface area contributed by atoms with Gasteiger partial charge in [0.2, 0.25) is 0 Å². The average Bonchev–Trinajstić information content (AvgIpc) is 2.40. The van der Waals surface area contributed by atoms with Crippen molar-refractivity contribution in [1.29, 1.82) is 0 Å². The van der Waals surface area contributed by atoms with Crippen molar-refractivity contribution in [2.24, 2.45) is 5.90 Å². The Hall–Kier alpha value is -1.55. The summed E-state index contributed by atoms with van der Waals surface area (Å²) in [5.41, 5.74) is 3.07. The number of hydrogen-bond acceptors (Lipinski definition) is 3. The molecule has 18 heavy (non-hydrogen) atoms. The van der Waals surface area contributed by atoms with Gasteiger partial charge in [-0.25, -0.2) is 5.90 Å². The molecule has 0 saturated heterocycles. The molecule has 0 radical (unpaired) electrons. The van der Waals surface area contributed by atoms with E-state index in [1.165, 1.54) is 0 Å². The molecular weight excluding hydrogens is 250 g/mol. The van der Waals surface area contributed by atoms with Crippen LogP contribution in [0.3, 0.4) is 0 Å². The largest absolute Gasteiger partial charge is 0.497 e. The molecule has 2 N–H and O–H groups in total. The average molecular weight is 264 g/mol. The molecule has 0 atom stereocenters. The Labute approximate surface area is 111 Å². The van der Waals surface area contributed by atoms with Crippen molar-refractivity contribution >= 4 is 11.6 Å². The highest BCUT2D eigenvalue weighted by Crippen LogP contribution is 2.28. The number of rotatable bonds is 4. The highest BCUT2D eigenvalue weighted by atomic mass is 35.5. The maximum absolute atomic E-state index is 5.97. The van der Waals surface area contributed by atoms with Crippen molar-refractivity contribution in [3.05, 3.63) is 53.1 Å². The van der Waals surface area contributed by atoms with Crippen LogP contribution >= 0.6 is 11.6 Å². The molecule has 0 aromatic heterocycles. The summed E-state index contributed by atoms with van der Waals surface area (Å²) in [6, 6.07) is 13.5. The first-order valence-corrected chi connectivity index (χ1v) is 5.87. The van der Waals surface area contributed by atoms with Crippen LogP contribution in [0.5, 0.6) is 5.75 Å². The summed E-state index contributed by atoms with van der Waals surface area (Å²) in [6.45, 7) is 0.321. The Morgan fingerprint density at radius 3 is 2.44 bits per heavy atom. The third kappa shape index (κ3) is 2.82. The molecule has 2 rings (SSSR count). The SMILES string of the molecule is COc1ccc(-c2ccc(Cl)cc2CON)cc1. The van der Waals surface area contributed by atoms with E-state index in [9.17, 15) is 0 Å². The standard InChI is InChI=1S/C14H14ClNO2/c1-17-13-5-2-10(3-6-13)14-7-4-12(15)8-11(14)9-18-16/h2-8H,9,16H2,1H3. The van der Waals surface area contributed by atoms with E-state index >= 15 is 0 Å². The lowest BCUT2D eigenvalue weighted by atomic mass is 10.00. The summed E-state index contributed by atoms with van der Waals surface area (Å²) in [7, 11) is 1.64. The van der Waals surface area contributed by atoms with Crippen LogP contribution < -0.4 is 10.6 Å². The lowest BCUT2D eigenvalue weighted by molar-refractivity contribution is 0.124. The van der Waals surface area contributed by atoms with Gasteiger partial charge in [-0.3, -0.25) is 4.84 Å². The van der Waals surface area contributed by atoms with Gasteiger partial charge in [0.1, 0.15) is 5.75 Å². The number of benzene rings is 2. The first kappa shape index (κ1) is 12.9. The number of hydrogen-bond donors (Lipinski definition) is 1. The van der Waals surface area contributed by atoms with Crippen LogP contribution in [0.4, 0.5) is 0 Å². The Morgan fingerprint density at radius 2 is 1.83 bits per heavy atom. The first-order valence-electron chi connectivity index (χ1n) is 5.49. The summed E-state index contributed by atoms with van der Waals surface area (Å²) in [5, 5.41) is 0.666. The predicted molar refractivity (Wildman–Crippen MR) is 72.4 cm³/mol. The normalized spacial score (nSPS) is 10.4. The lowest BCUT2D eigenvalue weighted by Crippen LogP contribution is -2.00. The van der Waals surface area contributed by atoms with Gasteiger partial charge in [-0.2, -0.15) is 0 Å². The Bertz CT molecular complexity index is 526. The number of methoxy groups -OCH3 is 1. The molecule has 0 heterocycles. The van der Waals surface area contributed by atoms with E-state index in [4.69, 9.17) is 27.1 Å². The minimum Gasteiger partial charge on any atom is -0.497 e. The summed E-state index contributed by atoms with van der Waals surface area (Å²) in [4.78, 5) is 4.71. The fraction of sp³-hybridized carbons (Fsp3) is 0.143. The molecule has 3 nitrogen and oxygen atoms in total. The van der Waals surface area contributed by atoms with Crippen LogP contribution in [0.25, 0.3) is 11.1 Å². The van der Waals surface area contributed by atoms with Gasteiger partial charge in [0.05, 0.1) is 13.7 Å². The molecular formula is C14H14ClNO2. The van der Waals surface area contributed by atoms with E-state index in [-0.39, 0.29) is 0 Å². The molecule has 4 heteroatoms. The second-order valence-corrected chi connectivity index (χ2v) is 4.28. The fourth-order valence-corrected chi connectivity index (χ4v) is 2.02. The fourth-order valence-electron chi connectivity index (χ4n) is 1.82. The van der Waals surface area contributed by atoms with Gasteiger partial charge in [-0.05, 0) is 41.0 Å². The van der Waals surface area contributed by atoms with Gasteiger partial charge in [0.25, 0.3) is 0 Å². The van der Waals surface area contributed by atoms with Gasteiger partial charge in [0.15, 0.2) is 0 Å². The topological polar surface area (TPSA) is 44.5 Å². The minimum absolute atomic E-state index is 0.321. The Kier molecular flexibility index (Phi) is 4.20. The maximum atomic E-state index is 5.97. The Balaban J connectivity index is 2.41. The smallest absolute Gasteiger partial charge is 0.118 e. The van der Waals surface area contributed by atoms with E-state index < -0.39 is 0 Å². The highest BCUT2D eigenvalue weighted by molar-refractivity contribution is 6.30. The maximum Gasteiger partial charge on any atom is 0.118 e. The van der Waals surface area contributed by atoms with E-state index in [1.807, 2.05) is 42.5 Å². The van der Waals surface area contributed by atoms with Crippen molar-refractivity contribution in [2.75, 3.05) is 7.11 Å². The molecule has 2 aromatic rings. The highest BCUT2D eigenvalue weighted by Gasteiger charge is 2.06. The van der Waals surface area contributed by atoms with Gasteiger partial charge >= 0.3 is 0 Å². The zero-order valence-electron chi connectivity index (χ0n) is 10.0. The molecule has 0 bridgehead atoms. The number of halogens is 1. The molecule has 0 unspecified atom stereocenters. The van der Waals surface area contributed by atoms with Crippen LogP contribution in [-0.2, 0) is 11.4 Å². The van der Waals surface area contributed by atoms with E-state index in [1.54, 1.807) is 7.11 Å². The summed E-state index contributed by atoms with van der Waals surface area (Å²) < 4.78 is 5.14.